The third-order valence-corrected chi connectivity index (χ3v) is 9.55. The van der Waals surface area contributed by atoms with Gasteiger partial charge in [-0.3, -0.25) is 0 Å². The van der Waals surface area contributed by atoms with Crippen LogP contribution in [0.1, 0.15) is 5.56 Å². The summed E-state index contributed by atoms with van der Waals surface area (Å²) < 4.78 is 11.3. The van der Waals surface area contributed by atoms with Gasteiger partial charge in [-0.25, -0.2) is 0 Å². The highest BCUT2D eigenvalue weighted by Gasteiger charge is 2.22. The van der Waals surface area contributed by atoms with Gasteiger partial charge in [-0.15, -0.1) is 0 Å². The Kier molecular flexibility index (Phi) is 5.32. The number of fused-ring (bicyclic) bond motifs is 10. The monoisotopic (exact) mass is 599 g/mol. The molecule has 0 fully saturated rings. The summed E-state index contributed by atoms with van der Waals surface area (Å²) >= 11 is 0. The summed E-state index contributed by atoms with van der Waals surface area (Å²) in [6.45, 7) is 0. The largest absolute Gasteiger partial charge is 0.456 e. The maximum absolute atomic E-state index is 9.32. The van der Waals surface area contributed by atoms with Crippen molar-refractivity contribution in [1.82, 2.24) is 9.13 Å². The summed E-state index contributed by atoms with van der Waals surface area (Å²) in [7, 11) is 0. The zero-order chi connectivity index (χ0) is 31.1. The molecule has 10 rings (SSSR count). The second-order valence-corrected chi connectivity index (χ2v) is 12.0. The second-order valence-electron chi connectivity index (χ2n) is 12.0. The van der Waals surface area contributed by atoms with Crippen molar-refractivity contribution < 1.29 is 4.42 Å². The van der Waals surface area contributed by atoms with Crippen molar-refractivity contribution in [2.75, 3.05) is 0 Å². The third-order valence-electron chi connectivity index (χ3n) is 9.55. The molecule has 0 aliphatic heterocycles. The van der Waals surface area contributed by atoms with Gasteiger partial charge in [0, 0.05) is 32.6 Å². The van der Waals surface area contributed by atoms with Crippen LogP contribution in [-0.2, 0) is 0 Å². The first kappa shape index (κ1) is 25.7. The Hall–Kier alpha value is -6.57. The van der Waals surface area contributed by atoms with E-state index in [4.69, 9.17) is 4.42 Å². The average molecular weight is 600 g/mol. The minimum Gasteiger partial charge on any atom is -0.456 e. The van der Waals surface area contributed by atoms with Crippen LogP contribution in [0.4, 0.5) is 0 Å². The minimum atomic E-state index is 0.650. The molecule has 47 heavy (non-hydrogen) atoms. The molecule has 0 radical (unpaired) electrons. The maximum atomic E-state index is 9.32. The highest BCUT2D eigenvalue weighted by molar-refractivity contribution is 6.27. The summed E-state index contributed by atoms with van der Waals surface area (Å²) in [5.74, 6) is 0. The minimum absolute atomic E-state index is 0.650. The molecule has 0 bridgehead atoms. The number of hydrogen-bond donors (Lipinski definition) is 0. The smallest absolute Gasteiger partial charge is 0.137 e. The molecule has 4 heteroatoms. The normalized spacial score (nSPS) is 11.8. The molecule has 0 aliphatic carbocycles. The van der Waals surface area contributed by atoms with Gasteiger partial charge in [0.1, 0.15) is 11.2 Å². The predicted molar refractivity (Wildman–Crippen MR) is 193 cm³/mol. The Labute approximate surface area is 269 Å². The van der Waals surface area contributed by atoms with Crippen molar-refractivity contribution in [3.05, 3.63) is 157 Å². The summed E-state index contributed by atoms with van der Waals surface area (Å²) in [6, 6.07) is 55.3. The number of nitriles is 1. The van der Waals surface area contributed by atoms with E-state index in [0.29, 0.717) is 5.56 Å². The standard InChI is InChI=1S/C43H25N3O/c44-26-27-17-19-28(20-18-27)29-21-24-39-34(25-29)41-37(15-8-16-40(41)47-39)46-35-13-6-4-11-31(35)32-22-23-38-42(43(32)46)33-12-5-7-14-36(33)45(38)30-9-2-1-3-10-30/h1-25H. The van der Waals surface area contributed by atoms with Gasteiger partial charge in [0.2, 0.25) is 0 Å². The van der Waals surface area contributed by atoms with Crippen LogP contribution in [0, 0.1) is 11.3 Å². The summed E-state index contributed by atoms with van der Waals surface area (Å²) in [5.41, 5.74) is 11.4. The number of para-hydroxylation sites is 3. The van der Waals surface area contributed by atoms with Gasteiger partial charge in [-0.1, -0.05) is 84.9 Å². The lowest BCUT2D eigenvalue weighted by Crippen LogP contribution is -1.96. The van der Waals surface area contributed by atoms with E-state index >= 15 is 0 Å². The van der Waals surface area contributed by atoms with Crippen LogP contribution in [0.15, 0.2) is 156 Å². The number of aromatic nitrogens is 2. The zero-order valence-corrected chi connectivity index (χ0v) is 25.2. The topological polar surface area (TPSA) is 46.8 Å². The van der Waals surface area contributed by atoms with Gasteiger partial charge in [0.15, 0.2) is 0 Å². The van der Waals surface area contributed by atoms with Crippen molar-refractivity contribution in [1.29, 1.82) is 5.26 Å². The highest BCUT2D eigenvalue weighted by Crippen LogP contribution is 2.44. The second kappa shape index (κ2) is 9.71. The van der Waals surface area contributed by atoms with Gasteiger partial charge < -0.3 is 13.6 Å². The maximum Gasteiger partial charge on any atom is 0.137 e. The molecule has 7 aromatic carbocycles. The molecule has 0 N–H and O–H groups in total. The van der Waals surface area contributed by atoms with E-state index in [1.807, 2.05) is 24.3 Å². The zero-order valence-electron chi connectivity index (χ0n) is 25.2. The molecule has 0 amide bonds. The Balaban J connectivity index is 1.35. The van der Waals surface area contributed by atoms with Crippen molar-refractivity contribution in [3.8, 4) is 28.6 Å². The number of rotatable bonds is 3. The molecule has 0 aliphatic rings. The fraction of sp³-hybridized carbons (Fsp3) is 0. The van der Waals surface area contributed by atoms with E-state index in [0.717, 1.165) is 50.0 Å². The average Bonchev–Trinajstić information content (AvgIpc) is 3.79. The molecule has 0 saturated heterocycles. The summed E-state index contributed by atoms with van der Waals surface area (Å²) in [5, 5.41) is 16.3. The number of hydrogen-bond acceptors (Lipinski definition) is 2. The summed E-state index contributed by atoms with van der Waals surface area (Å²) in [6.07, 6.45) is 0. The first-order valence-electron chi connectivity index (χ1n) is 15.8. The quantitative estimate of drug-likeness (QED) is 0.203. The van der Waals surface area contributed by atoms with E-state index in [1.54, 1.807) is 0 Å². The van der Waals surface area contributed by atoms with Crippen molar-refractivity contribution >= 4 is 65.6 Å². The van der Waals surface area contributed by atoms with Crippen molar-refractivity contribution in [2.24, 2.45) is 0 Å². The molecule has 0 spiro atoms. The van der Waals surface area contributed by atoms with Crippen LogP contribution in [-0.4, -0.2) is 9.13 Å². The first-order valence-corrected chi connectivity index (χ1v) is 15.8. The number of benzene rings is 7. The van der Waals surface area contributed by atoms with Gasteiger partial charge in [0.05, 0.1) is 44.8 Å². The Morgan fingerprint density at radius 1 is 0.468 bits per heavy atom. The number of furan rings is 1. The van der Waals surface area contributed by atoms with Gasteiger partial charge in [-0.2, -0.15) is 5.26 Å². The summed E-state index contributed by atoms with van der Waals surface area (Å²) in [4.78, 5) is 0. The van der Waals surface area contributed by atoms with Crippen LogP contribution in [0.2, 0.25) is 0 Å². The van der Waals surface area contributed by atoms with Crippen molar-refractivity contribution in [2.45, 2.75) is 0 Å². The fourth-order valence-electron chi connectivity index (χ4n) is 7.53. The molecule has 3 aromatic heterocycles. The Morgan fingerprint density at radius 3 is 2.00 bits per heavy atom. The molecule has 10 aromatic rings. The van der Waals surface area contributed by atoms with Gasteiger partial charge >= 0.3 is 0 Å². The Bertz CT molecular complexity index is 2900. The van der Waals surface area contributed by atoms with Crippen LogP contribution in [0.3, 0.4) is 0 Å². The lowest BCUT2D eigenvalue weighted by molar-refractivity contribution is 0.669. The van der Waals surface area contributed by atoms with Crippen molar-refractivity contribution in [3.63, 3.8) is 0 Å². The Morgan fingerprint density at radius 2 is 1.19 bits per heavy atom. The van der Waals surface area contributed by atoms with E-state index < -0.39 is 0 Å². The van der Waals surface area contributed by atoms with E-state index in [2.05, 4.69) is 143 Å². The van der Waals surface area contributed by atoms with Gasteiger partial charge in [-0.05, 0) is 77.9 Å². The SMILES string of the molecule is N#Cc1ccc(-c2ccc3oc4cccc(-n5c6ccccc6c6ccc7c(c8ccccc8n7-c7ccccc7)c65)c4c3c2)cc1. The molecule has 0 atom stereocenters. The molecule has 3 heterocycles. The fourth-order valence-corrected chi connectivity index (χ4v) is 7.53. The van der Waals surface area contributed by atoms with Crippen LogP contribution < -0.4 is 0 Å². The third kappa shape index (κ3) is 3.63. The van der Waals surface area contributed by atoms with Crippen LogP contribution in [0.25, 0.3) is 88.1 Å². The molecule has 0 saturated carbocycles. The van der Waals surface area contributed by atoms with E-state index in [9.17, 15) is 5.26 Å². The molecule has 218 valence electrons. The highest BCUT2D eigenvalue weighted by atomic mass is 16.3. The van der Waals surface area contributed by atoms with E-state index in [1.165, 1.54) is 38.1 Å². The first-order chi connectivity index (χ1) is 23.3. The molecular weight excluding hydrogens is 574 g/mol. The predicted octanol–water partition coefficient (Wildman–Crippen LogP) is 11.3. The van der Waals surface area contributed by atoms with Crippen LogP contribution in [0.5, 0.6) is 0 Å². The molecule has 0 unspecified atom stereocenters. The molecule has 4 nitrogen and oxygen atoms in total. The van der Waals surface area contributed by atoms with Gasteiger partial charge in [0.25, 0.3) is 0 Å². The van der Waals surface area contributed by atoms with Crippen LogP contribution >= 0.6 is 0 Å². The number of nitrogens with zero attached hydrogens (tertiary/aromatic N) is 3. The van der Waals surface area contributed by atoms with E-state index in [-0.39, 0.29) is 0 Å². The molecular formula is C43H25N3O. The lowest BCUT2D eigenvalue weighted by Gasteiger charge is -2.11. The lowest BCUT2D eigenvalue weighted by atomic mass is 10.0.